The highest BCUT2D eigenvalue weighted by Crippen LogP contribution is 2.29. The van der Waals surface area contributed by atoms with Gasteiger partial charge in [-0.3, -0.25) is 9.59 Å². The van der Waals surface area contributed by atoms with Crippen molar-refractivity contribution in [3.05, 3.63) is 41.7 Å². The summed E-state index contributed by atoms with van der Waals surface area (Å²) < 4.78 is 41.1. The van der Waals surface area contributed by atoms with Crippen molar-refractivity contribution < 1.29 is 27.5 Å². The van der Waals surface area contributed by atoms with E-state index in [0.717, 1.165) is 12.8 Å². The summed E-state index contributed by atoms with van der Waals surface area (Å²) in [6.45, 7) is -1.45. The van der Waals surface area contributed by atoms with Gasteiger partial charge in [0.05, 0.1) is 0 Å². The molecule has 0 aliphatic heterocycles. The van der Waals surface area contributed by atoms with E-state index in [1.165, 1.54) is 30.6 Å². The first kappa shape index (κ1) is 20.6. The number of anilines is 1. The van der Waals surface area contributed by atoms with E-state index in [1.807, 2.05) is 0 Å². The zero-order valence-corrected chi connectivity index (χ0v) is 15.1. The molecule has 0 bridgehead atoms. The molecular weight excluding hydrogens is 388 g/mol. The molecule has 150 valence electrons. The van der Waals surface area contributed by atoms with E-state index in [1.54, 1.807) is 0 Å². The van der Waals surface area contributed by atoms with Crippen LogP contribution in [-0.2, 0) is 11.3 Å². The Bertz CT molecular complexity index is 919. The fourth-order valence-electron chi connectivity index (χ4n) is 2.38. The summed E-state index contributed by atoms with van der Waals surface area (Å²) in [6.07, 6.45) is -0.130. The Morgan fingerprint density at radius 3 is 2.66 bits per heavy atom. The van der Waals surface area contributed by atoms with Crippen LogP contribution in [0.1, 0.15) is 28.8 Å². The lowest BCUT2D eigenvalue weighted by atomic mass is 9.96. The zero-order valence-electron chi connectivity index (χ0n) is 15.1. The minimum atomic E-state index is -4.50. The number of carbonyl (C=O) groups is 2. The Labute approximate surface area is 165 Å². The van der Waals surface area contributed by atoms with Gasteiger partial charge in [0.1, 0.15) is 13.7 Å². The van der Waals surface area contributed by atoms with Gasteiger partial charge in [-0.05, 0) is 36.0 Å². The van der Waals surface area contributed by atoms with Crippen molar-refractivity contribution in [3.63, 3.8) is 0 Å². The molecule has 1 fully saturated rings. The van der Waals surface area contributed by atoms with Crippen LogP contribution >= 0.6 is 0 Å². The van der Waals surface area contributed by atoms with Gasteiger partial charge < -0.3 is 15.4 Å². The number of aromatic nitrogens is 2. The summed E-state index contributed by atoms with van der Waals surface area (Å²) in [5.74, 6) is -0.584. The number of carbonyl (C=O) groups excluding carboxylic acids is 2. The highest BCUT2D eigenvalue weighted by molar-refractivity contribution is 6.34. The summed E-state index contributed by atoms with van der Waals surface area (Å²) in [7, 11) is 5.65. The number of halogens is 3. The van der Waals surface area contributed by atoms with Crippen molar-refractivity contribution in [2.45, 2.75) is 25.6 Å². The van der Waals surface area contributed by atoms with Crippen LogP contribution in [0.3, 0.4) is 0 Å². The van der Waals surface area contributed by atoms with Crippen molar-refractivity contribution >= 4 is 30.9 Å². The number of hydrogen-bond donors (Lipinski definition) is 2. The number of amides is 2. The summed E-state index contributed by atoms with van der Waals surface area (Å²) >= 11 is 0. The predicted octanol–water partition coefficient (Wildman–Crippen LogP) is 1.49. The molecule has 0 saturated heterocycles. The molecule has 2 heterocycles. The van der Waals surface area contributed by atoms with E-state index >= 15 is 0 Å². The maximum absolute atomic E-state index is 12.3. The molecule has 29 heavy (non-hydrogen) atoms. The number of rotatable bonds is 7. The molecular formula is C18H16BF3N4O3. The van der Waals surface area contributed by atoms with Gasteiger partial charge in [-0.25, -0.2) is 9.97 Å². The molecule has 0 spiro atoms. The van der Waals surface area contributed by atoms with Gasteiger partial charge in [-0.2, -0.15) is 13.2 Å². The minimum Gasteiger partial charge on any atom is -0.468 e. The summed E-state index contributed by atoms with van der Waals surface area (Å²) in [5.41, 5.74) is 0.693. The first-order chi connectivity index (χ1) is 13.7. The monoisotopic (exact) mass is 404 g/mol. The maximum atomic E-state index is 12.3. The van der Waals surface area contributed by atoms with Crippen LogP contribution in [0, 0.1) is 5.92 Å². The van der Waals surface area contributed by atoms with Crippen molar-refractivity contribution in [1.82, 2.24) is 15.3 Å². The van der Waals surface area contributed by atoms with E-state index < -0.39 is 18.7 Å². The third kappa shape index (κ3) is 6.20. The van der Waals surface area contributed by atoms with E-state index in [2.05, 4.69) is 25.3 Å². The maximum Gasteiger partial charge on any atom is 0.422 e. The number of pyridine rings is 2. The van der Waals surface area contributed by atoms with Crippen LogP contribution in [-0.4, -0.2) is 42.4 Å². The quantitative estimate of drug-likeness (QED) is 0.683. The van der Waals surface area contributed by atoms with Gasteiger partial charge in [0.15, 0.2) is 6.61 Å². The van der Waals surface area contributed by atoms with Gasteiger partial charge in [-0.1, -0.05) is 6.07 Å². The average Bonchev–Trinajstić information content (AvgIpc) is 3.50. The molecule has 1 aliphatic carbocycles. The number of nitrogens with one attached hydrogen (secondary N) is 2. The lowest BCUT2D eigenvalue weighted by Gasteiger charge is -2.12. The smallest absolute Gasteiger partial charge is 0.422 e. The number of nitrogens with zero attached hydrogens (tertiary/aromatic N) is 2. The molecule has 0 atom stereocenters. The topological polar surface area (TPSA) is 93.2 Å². The number of alkyl halides is 3. The first-order valence-corrected chi connectivity index (χ1v) is 8.70. The standard InChI is InChI=1S/C18H16BF3N4O3/c19-13-5-10(8-25-17(13)29-9-18(20,21)22)7-24-15(27)12-3-4-23-14(6-12)26-16(28)11-1-2-11/h3-6,8,11H,1-2,7,9H2,(H,24,27)(H,23,26,28). The van der Waals surface area contributed by atoms with Crippen molar-refractivity contribution in [2.24, 2.45) is 5.92 Å². The largest absolute Gasteiger partial charge is 0.468 e. The molecule has 1 saturated carbocycles. The van der Waals surface area contributed by atoms with Crippen molar-refractivity contribution in [2.75, 3.05) is 11.9 Å². The highest BCUT2D eigenvalue weighted by Gasteiger charge is 2.30. The van der Waals surface area contributed by atoms with Gasteiger partial charge in [0.25, 0.3) is 5.91 Å². The second-order valence-corrected chi connectivity index (χ2v) is 6.52. The normalized spacial score (nSPS) is 13.6. The first-order valence-electron chi connectivity index (χ1n) is 8.70. The van der Waals surface area contributed by atoms with Gasteiger partial charge >= 0.3 is 6.18 Å². The van der Waals surface area contributed by atoms with E-state index in [9.17, 15) is 22.8 Å². The second-order valence-electron chi connectivity index (χ2n) is 6.52. The third-order valence-corrected chi connectivity index (χ3v) is 3.98. The van der Waals surface area contributed by atoms with E-state index in [-0.39, 0.29) is 41.1 Å². The van der Waals surface area contributed by atoms with Gasteiger partial charge in [0.2, 0.25) is 11.8 Å². The molecule has 2 aromatic rings. The fraction of sp³-hybridized carbons (Fsp3) is 0.333. The zero-order chi connectivity index (χ0) is 21.0. The lowest BCUT2D eigenvalue weighted by Crippen LogP contribution is -2.25. The van der Waals surface area contributed by atoms with Crippen LogP contribution in [0.15, 0.2) is 30.6 Å². The molecule has 11 heteroatoms. The highest BCUT2D eigenvalue weighted by atomic mass is 19.4. The summed E-state index contributed by atoms with van der Waals surface area (Å²) in [6, 6.07) is 4.31. The molecule has 2 radical (unpaired) electrons. The van der Waals surface area contributed by atoms with Crippen LogP contribution in [0.5, 0.6) is 5.88 Å². The Balaban J connectivity index is 1.56. The lowest BCUT2D eigenvalue weighted by molar-refractivity contribution is -0.153. The van der Waals surface area contributed by atoms with Crippen LogP contribution in [0.25, 0.3) is 0 Å². The minimum absolute atomic E-state index is 0.00956. The van der Waals surface area contributed by atoms with Gasteiger partial charge in [0, 0.05) is 30.4 Å². The molecule has 2 aromatic heterocycles. The molecule has 7 nitrogen and oxygen atoms in total. The summed E-state index contributed by atoms with van der Waals surface area (Å²) in [4.78, 5) is 31.9. The molecule has 1 aliphatic rings. The van der Waals surface area contributed by atoms with Crippen LogP contribution in [0.2, 0.25) is 0 Å². The van der Waals surface area contributed by atoms with E-state index in [0.29, 0.717) is 5.56 Å². The molecule has 2 amide bonds. The third-order valence-electron chi connectivity index (χ3n) is 3.98. The van der Waals surface area contributed by atoms with Gasteiger partial charge in [-0.15, -0.1) is 0 Å². The van der Waals surface area contributed by atoms with E-state index in [4.69, 9.17) is 7.85 Å². The Morgan fingerprint density at radius 1 is 1.24 bits per heavy atom. The second kappa shape index (κ2) is 8.50. The van der Waals surface area contributed by atoms with Crippen LogP contribution < -0.4 is 20.8 Å². The summed E-state index contributed by atoms with van der Waals surface area (Å²) in [5, 5.41) is 5.30. The molecule has 0 unspecified atom stereocenters. The molecule has 0 aromatic carbocycles. The Kier molecular flexibility index (Phi) is 6.04. The Hall–Kier alpha value is -3.11. The SMILES string of the molecule is [B]c1cc(CNC(=O)c2ccnc(NC(=O)C3CC3)c2)cnc1OCC(F)(F)F. The molecule has 2 N–H and O–H groups in total. The van der Waals surface area contributed by atoms with Crippen LogP contribution in [0.4, 0.5) is 19.0 Å². The predicted molar refractivity (Wildman–Crippen MR) is 97.9 cm³/mol. The molecule has 3 rings (SSSR count). The number of ether oxygens (including phenoxy) is 1. The van der Waals surface area contributed by atoms with Crippen molar-refractivity contribution in [3.8, 4) is 5.88 Å². The van der Waals surface area contributed by atoms with Crippen molar-refractivity contribution in [1.29, 1.82) is 0 Å². The number of hydrogen-bond acceptors (Lipinski definition) is 5. The fourth-order valence-corrected chi connectivity index (χ4v) is 2.38. The average molecular weight is 404 g/mol. The Morgan fingerprint density at radius 2 is 2.00 bits per heavy atom.